The van der Waals surface area contributed by atoms with E-state index in [2.05, 4.69) is 11.9 Å². The van der Waals surface area contributed by atoms with Crippen LogP contribution in [0, 0.1) is 6.92 Å². The van der Waals surface area contributed by atoms with Gasteiger partial charge >= 0.3 is 5.97 Å². The highest BCUT2D eigenvalue weighted by Crippen LogP contribution is 2.15. The Morgan fingerprint density at radius 2 is 2.17 bits per heavy atom. The van der Waals surface area contributed by atoms with Gasteiger partial charge in [-0.15, -0.1) is 0 Å². The minimum Gasteiger partial charge on any atom is -0.478 e. The Labute approximate surface area is 109 Å². The second-order valence-corrected chi connectivity index (χ2v) is 4.52. The van der Waals surface area contributed by atoms with Crippen LogP contribution in [0.5, 0.6) is 0 Å². The van der Waals surface area contributed by atoms with E-state index >= 15 is 0 Å². The summed E-state index contributed by atoms with van der Waals surface area (Å²) in [6.45, 7) is 4.05. The number of hydrogen-bond acceptors (Lipinski definition) is 2. The summed E-state index contributed by atoms with van der Waals surface area (Å²) >= 11 is 0. The molecule has 0 aliphatic rings. The second-order valence-electron chi connectivity index (χ2n) is 4.52. The Hall–Kier alpha value is -1.64. The van der Waals surface area contributed by atoms with E-state index in [1.807, 2.05) is 19.1 Å². The van der Waals surface area contributed by atoms with Crippen LogP contribution in [0.2, 0.25) is 0 Å². The fourth-order valence-corrected chi connectivity index (χ4v) is 1.84. The van der Waals surface area contributed by atoms with E-state index in [9.17, 15) is 9.90 Å². The standard InChI is InChI=1S/C15H21NO2/c1-3-4-5-6-7-14(15(17)18)11-13-8-9-16-12(2)10-13/h8-11H,3-7H2,1-2H3,(H,17,18)/b14-11+. The SMILES string of the molecule is CCCCCC/C(=C\c1ccnc(C)c1)C(=O)O. The third-order valence-corrected chi connectivity index (χ3v) is 2.84. The van der Waals surface area contributed by atoms with Crippen molar-refractivity contribution in [2.45, 2.75) is 46.0 Å². The smallest absolute Gasteiger partial charge is 0.331 e. The van der Waals surface area contributed by atoms with Crippen molar-refractivity contribution in [3.8, 4) is 0 Å². The van der Waals surface area contributed by atoms with Gasteiger partial charge in [0.1, 0.15) is 0 Å². The second kappa shape index (κ2) is 7.64. The highest BCUT2D eigenvalue weighted by atomic mass is 16.4. The van der Waals surface area contributed by atoms with Gasteiger partial charge in [0.25, 0.3) is 0 Å². The number of rotatable bonds is 7. The molecule has 0 bridgehead atoms. The van der Waals surface area contributed by atoms with E-state index in [1.54, 1.807) is 12.3 Å². The summed E-state index contributed by atoms with van der Waals surface area (Å²) in [4.78, 5) is 15.3. The summed E-state index contributed by atoms with van der Waals surface area (Å²) in [7, 11) is 0. The molecule has 18 heavy (non-hydrogen) atoms. The number of unbranched alkanes of at least 4 members (excludes halogenated alkanes) is 3. The molecule has 1 N–H and O–H groups in total. The molecular weight excluding hydrogens is 226 g/mol. The molecular formula is C15H21NO2. The first-order chi connectivity index (χ1) is 8.63. The fourth-order valence-electron chi connectivity index (χ4n) is 1.84. The minimum atomic E-state index is -0.819. The van der Waals surface area contributed by atoms with Gasteiger partial charge in [0.05, 0.1) is 0 Å². The summed E-state index contributed by atoms with van der Waals surface area (Å²) in [6, 6.07) is 3.73. The van der Waals surface area contributed by atoms with Crippen molar-refractivity contribution in [2.24, 2.45) is 0 Å². The summed E-state index contributed by atoms with van der Waals surface area (Å²) in [5, 5.41) is 9.18. The molecule has 0 atom stereocenters. The highest BCUT2D eigenvalue weighted by Gasteiger charge is 2.07. The number of pyridine rings is 1. The monoisotopic (exact) mass is 247 g/mol. The number of aryl methyl sites for hydroxylation is 1. The molecule has 98 valence electrons. The van der Waals surface area contributed by atoms with Gasteiger partial charge in [-0.3, -0.25) is 4.98 Å². The average Bonchev–Trinajstić information content (AvgIpc) is 2.33. The summed E-state index contributed by atoms with van der Waals surface area (Å²) < 4.78 is 0. The molecule has 0 amide bonds. The third kappa shape index (κ3) is 5.13. The van der Waals surface area contributed by atoms with Crippen molar-refractivity contribution < 1.29 is 9.90 Å². The first-order valence-electron chi connectivity index (χ1n) is 6.50. The number of aliphatic carboxylic acids is 1. The quantitative estimate of drug-likeness (QED) is 0.588. The van der Waals surface area contributed by atoms with Crippen LogP contribution >= 0.6 is 0 Å². The van der Waals surface area contributed by atoms with Crippen molar-refractivity contribution >= 4 is 12.0 Å². The minimum absolute atomic E-state index is 0.483. The molecule has 0 spiro atoms. The lowest BCUT2D eigenvalue weighted by molar-refractivity contribution is -0.132. The van der Waals surface area contributed by atoms with Gasteiger partial charge in [-0.1, -0.05) is 26.2 Å². The van der Waals surface area contributed by atoms with E-state index in [0.29, 0.717) is 12.0 Å². The topological polar surface area (TPSA) is 50.2 Å². The van der Waals surface area contributed by atoms with E-state index < -0.39 is 5.97 Å². The Morgan fingerprint density at radius 1 is 1.39 bits per heavy atom. The van der Waals surface area contributed by atoms with Gasteiger partial charge in [-0.25, -0.2) is 4.79 Å². The van der Waals surface area contributed by atoms with Crippen molar-refractivity contribution in [3.05, 3.63) is 35.2 Å². The van der Waals surface area contributed by atoms with Crippen molar-refractivity contribution in [3.63, 3.8) is 0 Å². The fraction of sp³-hybridized carbons (Fsp3) is 0.467. The van der Waals surface area contributed by atoms with Crippen LogP contribution in [-0.4, -0.2) is 16.1 Å². The van der Waals surface area contributed by atoms with Crippen LogP contribution < -0.4 is 0 Å². The van der Waals surface area contributed by atoms with Gasteiger partial charge in [0.2, 0.25) is 0 Å². The molecule has 0 unspecified atom stereocenters. The largest absolute Gasteiger partial charge is 0.478 e. The van der Waals surface area contributed by atoms with Crippen LogP contribution in [0.25, 0.3) is 6.08 Å². The first-order valence-corrected chi connectivity index (χ1v) is 6.50. The molecule has 1 rings (SSSR count). The Balaban J connectivity index is 2.69. The number of carboxylic acid groups (broad SMARTS) is 1. The zero-order valence-electron chi connectivity index (χ0n) is 11.1. The predicted molar refractivity (Wildman–Crippen MR) is 73.3 cm³/mol. The molecule has 3 heteroatoms. The molecule has 1 aromatic heterocycles. The van der Waals surface area contributed by atoms with Gasteiger partial charge < -0.3 is 5.11 Å². The molecule has 3 nitrogen and oxygen atoms in total. The van der Waals surface area contributed by atoms with Crippen molar-refractivity contribution in [1.29, 1.82) is 0 Å². The lowest BCUT2D eigenvalue weighted by Crippen LogP contribution is -2.00. The summed E-state index contributed by atoms with van der Waals surface area (Å²) in [5.74, 6) is -0.819. The number of carbonyl (C=O) groups is 1. The average molecular weight is 247 g/mol. The number of nitrogens with zero attached hydrogens (tertiary/aromatic N) is 1. The predicted octanol–water partition coefficient (Wildman–Crippen LogP) is 3.83. The van der Waals surface area contributed by atoms with Crippen LogP contribution in [0.3, 0.4) is 0 Å². The van der Waals surface area contributed by atoms with Crippen LogP contribution in [0.4, 0.5) is 0 Å². The lowest BCUT2D eigenvalue weighted by atomic mass is 10.0. The molecule has 1 aromatic rings. The molecule has 0 aliphatic heterocycles. The van der Waals surface area contributed by atoms with E-state index in [-0.39, 0.29) is 0 Å². The molecule has 0 aliphatic carbocycles. The highest BCUT2D eigenvalue weighted by molar-refractivity contribution is 5.92. The lowest BCUT2D eigenvalue weighted by Gasteiger charge is -2.03. The Morgan fingerprint density at radius 3 is 2.78 bits per heavy atom. The Bertz CT molecular complexity index is 424. The first kappa shape index (κ1) is 14.4. The molecule has 0 saturated carbocycles. The Kier molecular flexibility index (Phi) is 6.12. The van der Waals surface area contributed by atoms with Crippen LogP contribution in [0.1, 0.15) is 50.3 Å². The molecule has 0 saturated heterocycles. The van der Waals surface area contributed by atoms with Crippen molar-refractivity contribution in [2.75, 3.05) is 0 Å². The molecule has 0 fully saturated rings. The van der Waals surface area contributed by atoms with Gasteiger partial charge in [0.15, 0.2) is 0 Å². The number of hydrogen-bond donors (Lipinski definition) is 1. The van der Waals surface area contributed by atoms with Gasteiger partial charge in [0, 0.05) is 17.5 Å². The van der Waals surface area contributed by atoms with E-state index in [1.165, 1.54) is 6.42 Å². The summed E-state index contributed by atoms with van der Waals surface area (Å²) in [6.07, 6.45) is 8.46. The molecule has 0 aromatic carbocycles. The number of carboxylic acids is 1. The van der Waals surface area contributed by atoms with Gasteiger partial charge in [-0.05, 0) is 43.5 Å². The van der Waals surface area contributed by atoms with Crippen LogP contribution in [0.15, 0.2) is 23.9 Å². The van der Waals surface area contributed by atoms with Crippen molar-refractivity contribution in [1.82, 2.24) is 4.98 Å². The maximum absolute atomic E-state index is 11.2. The van der Waals surface area contributed by atoms with Crippen LogP contribution in [-0.2, 0) is 4.79 Å². The third-order valence-electron chi connectivity index (χ3n) is 2.84. The number of aromatic nitrogens is 1. The zero-order valence-corrected chi connectivity index (χ0v) is 11.1. The molecule has 1 heterocycles. The zero-order chi connectivity index (χ0) is 13.4. The van der Waals surface area contributed by atoms with E-state index in [4.69, 9.17) is 0 Å². The molecule has 0 radical (unpaired) electrons. The maximum Gasteiger partial charge on any atom is 0.331 e. The van der Waals surface area contributed by atoms with E-state index in [0.717, 1.165) is 30.5 Å². The van der Waals surface area contributed by atoms with Gasteiger partial charge in [-0.2, -0.15) is 0 Å². The normalized spacial score (nSPS) is 11.6. The summed E-state index contributed by atoms with van der Waals surface area (Å²) in [5.41, 5.74) is 2.30. The maximum atomic E-state index is 11.2.